The van der Waals surface area contributed by atoms with Gasteiger partial charge in [0, 0.05) is 31.5 Å². The largest absolute Gasteiger partial charge is 0.396 e. The molecule has 0 bridgehead atoms. The lowest BCUT2D eigenvalue weighted by atomic mass is 9.85. The van der Waals surface area contributed by atoms with Gasteiger partial charge in [0.05, 0.1) is 6.04 Å². The van der Waals surface area contributed by atoms with Crippen LogP contribution < -0.4 is 10.6 Å². The number of hydrogen-bond acceptors (Lipinski definition) is 4. The normalized spacial score (nSPS) is 27.3. The van der Waals surface area contributed by atoms with Crippen molar-refractivity contribution >= 4 is 6.03 Å². The number of rotatable bonds is 4. The summed E-state index contributed by atoms with van der Waals surface area (Å²) in [6.07, 6.45) is 6.86. The Morgan fingerprint density at radius 2 is 2.09 bits per heavy atom. The molecule has 1 aliphatic carbocycles. The number of nitrogens with one attached hydrogen (secondary N) is 2. The second kappa shape index (κ2) is 7.29. The van der Waals surface area contributed by atoms with Crippen molar-refractivity contribution < 1.29 is 9.90 Å². The molecule has 1 saturated carbocycles. The quantitative estimate of drug-likeness (QED) is 0.784. The summed E-state index contributed by atoms with van der Waals surface area (Å²) in [5.41, 5.74) is 0. The summed E-state index contributed by atoms with van der Waals surface area (Å²) in [6, 6.07) is -0.163. The lowest BCUT2D eigenvalue weighted by Crippen LogP contribution is -2.49. The molecule has 0 aromatic carbocycles. The smallest absolute Gasteiger partial charge is 0.315 e. The third kappa shape index (κ3) is 3.65. The fraction of sp³-hybridized carbons (Fsp3) is 0.812. The van der Waals surface area contributed by atoms with Gasteiger partial charge in [-0.15, -0.1) is 0 Å². The van der Waals surface area contributed by atoms with E-state index in [9.17, 15) is 9.90 Å². The zero-order valence-corrected chi connectivity index (χ0v) is 13.8. The summed E-state index contributed by atoms with van der Waals surface area (Å²) in [4.78, 5) is 16.9. The van der Waals surface area contributed by atoms with E-state index in [-0.39, 0.29) is 30.6 Å². The molecule has 2 aliphatic rings. The fourth-order valence-electron chi connectivity index (χ4n) is 3.67. The molecule has 1 aliphatic heterocycles. The highest BCUT2D eigenvalue weighted by Gasteiger charge is 2.29. The highest BCUT2D eigenvalue weighted by molar-refractivity contribution is 5.74. The van der Waals surface area contributed by atoms with E-state index in [4.69, 9.17) is 0 Å². The van der Waals surface area contributed by atoms with Crippen LogP contribution in [0.15, 0.2) is 0 Å². The summed E-state index contributed by atoms with van der Waals surface area (Å²) in [5, 5.41) is 20.0. The van der Waals surface area contributed by atoms with Crippen molar-refractivity contribution in [2.45, 2.75) is 70.5 Å². The van der Waals surface area contributed by atoms with Gasteiger partial charge in [-0.2, -0.15) is 5.10 Å². The minimum atomic E-state index is -0.158. The third-order valence-corrected chi connectivity index (χ3v) is 5.00. The fourth-order valence-corrected chi connectivity index (χ4v) is 3.67. The molecular formula is C16H27N5O2. The summed E-state index contributed by atoms with van der Waals surface area (Å²) < 4.78 is 1.92. The Morgan fingerprint density at radius 3 is 2.87 bits per heavy atom. The van der Waals surface area contributed by atoms with Gasteiger partial charge in [-0.25, -0.2) is 14.5 Å². The number of urea groups is 1. The topological polar surface area (TPSA) is 92.1 Å². The second-order valence-corrected chi connectivity index (χ2v) is 6.61. The molecule has 1 aromatic heterocycles. The number of carbonyl (C=O) groups excluding carboxylic acids is 1. The molecule has 2 heterocycles. The maximum absolute atomic E-state index is 12.4. The highest BCUT2D eigenvalue weighted by atomic mass is 16.3. The Hall–Kier alpha value is -1.63. The van der Waals surface area contributed by atoms with Crippen LogP contribution in [0.2, 0.25) is 0 Å². The van der Waals surface area contributed by atoms with Crippen LogP contribution in [0.1, 0.15) is 63.1 Å². The Morgan fingerprint density at radius 1 is 1.26 bits per heavy atom. The van der Waals surface area contributed by atoms with Crippen LogP contribution in [0.3, 0.4) is 0 Å². The number of fused-ring (bicyclic) bond motifs is 1. The van der Waals surface area contributed by atoms with Gasteiger partial charge in [-0.1, -0.05) is 19.8 Å². The van der Waals surface area contributed by atoms with Crippen molar-refractivity contribution in [2.24, 2.45) is 5.92 Å². The van der Waals surface area contributed by atoms with Crippen molar-refractivity contribution in [3.8, 4) is 0 Å². The minimum absolute atomic E-state index is 0.0708. The number of aliphatic hydroxyl groups excluding tert-OH is 1. The lowest BCUT2D eigenvalue weighted by molar-refractivity contribution is 0.152. The van der Waals surface area contributed by atoms with Crippen LogP contribution in [-0.2, 0) is 13.0 Å². The summed E-state index contributed by atoms with van der Waals surface area (Å²) in [7, 11) is 0. The van der Waals surface area contributed by atoms with Crippen molar-refractivity contribution in [1.82, 2.24) is 25.4 Å². The van der Waals surface area contributed by atoms with Crippen LogP contribution in [0.25, 0.3) is 0 Å². The van der Waals surface area contributed by atoms with E-state index < -0.39 is 0 Å². The van der Waals surface area contributed by atoms with Gasteiger partial charge in [-0.3, -0.25) is 0 Å². The van der Waals surface area contributed by atoms with Gasteiger partial charge in [0.1, 0.15) is 5.82 Å². The van der Waals surface area contributed by atoms with E-state index in [1.807, 2.05) is 11.6 Å². The van der Waals surface area contributed by atoms with Crippen LogP contribution >= 0.6 is 0 Å². The van der Waals surface area contributed by atoms with Gasteiger partial charge in [-0.05, 0) is 25.7 Å². The van der Waals surface area contributed by atoms with Gasteiger partial charge < -0.3 is 15.7 Å². The average molecular weight is 321 g/mol. The number of aryl methyl sites for hydroxylation is 2. The van der Waals surface area contributed by atoms with E-state index >= 15 is 0 Å². The Bertz CT molecular complexity index is 545. The van der Waals surface area contributed by atoms with Gasteiger partial charge in [0.15, 0.2) is 5.82 Å². The molecule has 0 spiro atoms. The number of hydrogen-bond donors (Lipinski definition) is 3. The molecular weight excluding hydrogens is 294 g/mol. The number of nitrogens with zero attached hydrogens (tertiary/aromatic N) is 3. The molecule has 3 unspecified atom stereocenters. The van der Waals surface area contributed by atoms with E-state index in [1.165, 1.54) is 0 Å². The third-order valence-electron chi connectivity index (χ3n) is 5.00. The molecule has 128 valence electrons. The van der Waals surface area contributed by atoms with Gasteiger partial charge >= 0.3 is 6.03 Å². The van der Waals surface area contributed by atoms with Crippen LogP contribution in [0, 0.1) is 5.92 Å². The maximum atomic E-state index is 12.4. The molecule has 0 radical (unpaired) electrons. The Balaban J connectivity index is 1.61. The highest BCUT2D eigenvalue weighted by Crippen LogP contribution is 2.25. The minimum Gasteiger partial charge on any atom is -0.396 e. The first kappa shape index (κ1) is 16.2. The average Bonchev–Trinajstić information content (AvgIpc) is 2.99. The standard InChI is InChI=1S/C16H27N5O2/c1-2-14-19-15-13(8-5-9-21(15)20-14)18-16(23)17-12-7-4-3-6-11(12)10-22/h11-13,22H,2-10H2,1H3,(H2,17,18,23). The van der Waals surface area contributed by atoms with Crippen LogP contribution in [-0.4, -0.2) is 38.6 Å². The van der Waals surface area contributed by atoms with Gasteiger partial charge in [0.25, 0.3) is 0 Å². The van der Waals surface area contributed by atoms with Crippen molar-refractivity contribution in [2.75, 3.05) is 6.61 Å². The van der Waals surface area contributed by atoms with Crippen LogP contribution in [0.4, 0.5) is 4.79 Å². The van der Waals surface area contributed by atoms with Gasteiger partial charge in [0.2, 0.25) is 0 Å². The number of aliphatic hydroxyl groups is 1. The van der Waals surface area contributed by atoms with E-state index in [0.717, 1.165) is 63.1 Å². The van der Waals surface area contributed by atoms with Crippen LogP contribution in [0.5, 0.6) is 0 Å². The van der Waals surface area contributed by atoms with Crippen molar-refractivity contribution in [3.05, 3.63) is 11.6 Å². The van der Waals surface area contributed by atoms with Crippen molar-refractivity contribution in [3.63, 3.8) is 0 Å². The molecule has 7 heteroatoms. The molecule has 23 heavy (non-hydrogen) atoms. The number of carbonyl (C=O) groups is 1. The zero-order chi connectivity index (χ0) is 16.2. The molecule has 2 amide bonds. The first-order valence-corrected chi connectivity index (χ1v) is 8.82. The monoisotopic (exact) mass is 321 g/mol. The zero-order valence-electron chi connectivity index (χ0n) is 13.8. The molecule has 7 nitrogen and oxygen atoms in total. The number of aromatic nitrogens is 3. The molecule has 3 N–H and O–H groups in total. The summed E-state index contributed by atoms with van der Waals surface area (Å²) in [5.74, 6) is 1.88. The predicted octanol–water partition coefficient (Wildman–Crippen LogP) is 1.53. The molecule has 3 rings (SSSR count). The second-order valence-electron chi connectivity index (χ2n) is 6.61. The number of amides is 2. The van der Waals surface area contributed by atoms with E-state index in [0.29, 0.717) is 0 Å². The molecule has 3 atom stereocenters. The first-order valence-electron chi connectivity index (χ1n) is 8.82. The Labute approximate surface area is 136 Å². The van der Waals surface area contributed by atoms with E-state index in [1.54, 1.807) is 0 Å². The lowest BCUT2D eigenvalue weighted by Gasteiger charge is -2.32. The summed E-state index contributed by atoms with van der Waals surface area (Å²) in [6.45, 7) is 3.05. The molecule has 1 aromatic rings. The van der Waals surface area contributed by atoms with E-state index in [2.05, 4.69) is 20.7 Å². The Kier molecular flexibility index (Phi) is 5.15. The predicted molar refractivity (Wildman–Crippen MR) is 85.9 cm³/mol. The SMILES string of the molecule is CCc1nc2n(n1)CCCC2NC(=O)NC1CCCCC1CO. The molecule has 0 saturated heterocycles. The summed E-state index contributed by atoms with van der Waals surface area (Å²) >= 11 is 0. The first-order chi connectivity index (χ1) is 11.2. The maximum Gasteiger partial charge on any atom is 0.315 e. The molecule has 1 fully saturated rings. The van der Waals surface area contributed by atoms with Crippen molar-refractivity contribution in [1.29, 1.82) is 0 Å².